The summed E-state index contributed by atoms with van der Waals surface area (Å²) in [6, 6.07) is 9.71. The van der Waals surface area contributed by atoms with E-state index in [4.69, 9.17) is 0 Å². The molecule has 94 valence electrons. The zero-order valence-corrected chi connectivity index (χ0v) is 11.3. The number of para-hydroxylation sites is 1. The molecule has 1 N–H and O–H groups in total. The highest BCUT2D eigenvalue weighted by Gasteiger charge is 2.10. The number of aryl methyl sites for hydroxylation is 1. The Kier molecular flexibility index (Phi) is 3.99. The SMILES string of the molecule is Cc1ccccc1NC(=O)N(C)Cc1ccsc1. The maximum atomic E-state index is 12.0. The Hall–Kier alpha value is -1.81. The molecule has 0 unspecified atom stereocenters. The van der Waals surface area contributed by atoms with Crippen molar-refractivity contribution >= 4 is 23.1 Å². The van der Waals surface area contributed by atoms with Gasteiger partial charge >= 0.3 is 6.03 Å². The van der Waals surface area contributed by atoms with E-state index in [1.165, 1.54) is 0 Å². The number of carbonyl (C=O) groups is 1. The smallest absolute Gasteiger partial charge is 0.321 e. The molecule has 0 aliphatic carbocycles. The van der Waals surface area contributed by atoms with Crippen molar-refractivity contribution in [2.24, 2.45) is 0 Å². The Morgan fingerprint density at radius 3 is 2.78 bits per heavy atom. The van der Waals surface area contributed by atoms with Crippen LogP contribution >= 0.6 is 11.3 Å². The van der Waals surface area contributed by atoms with Crippen LogP contribution in [0.1, 0.15) is 11.1 Å². The van der Waals surface area contributed by atoms with Crippen molar-refractivity contribution in [2.75, 3.05) is 12.4 Å². The van der Waals surface area contributed by atoms with Gasteiger partial charge in [-0.15, -0.1) is 0 Å². The van der Waals surface area contributed by atoms with E-state index < -0.39 is 0 Å². The van der Waals surface area contributed by atoms with Gasteiger partial charge in [0.15, 0.2) is 0 Å². The molecule has 18 heavy (non-hydrogen) atoms. The van der Waals surface area contributed by atoms with Gasteiger partial charge < -0.3 is 10.2 Å². The fourth-order valence-corrected chi connectivity index (χ4v) is 2.31. The molecule has 0 aliphatic rings. The van der Waals surface area contributed by atoms with Gasteiger partial charge in [-0.3, -0.25) is 0 Å². The van der Waals surface area contributed by atoms with Crippen LogP contribution in [0.25, 0.3) is 0 Å². The standard InChI is InChI=1S/C14H16N2OS/c1-11-5-3-4-6-13(11)15-14(17)16(2)9-12-7-8-18-10-12/h3-8,10H,9H2,1-2H3,(H,15,17). The molecule has 2 rings (SSSR count). The predicted octanol–water partition coefficient (Wildman–Crippen LogP) is 3.72. The summed E-state index contributed by atoms with van der Waals surface area (Å²) in [5.74, 6) is 0. The van der Waals surface area contributed by atoms with Crippen molar-refractivity contribution in [3.63, 3.8) is 0 Å². The van der Waals surface area contributed by atoms with Gasteiger partial charge in [0.25, 0.3) is 0 Å². The first-order valence-corrected chi connectivity index (χ1v) is 6.70. The Morgan fingerprint density at radius 2 is 2.11 bits per heavy atom. The number of rotatable bonds is 3. The van der Waals surface area contributed by atoms with Crippen LogP contribution in [0.2, 0.25) is 0 Å². The van der Waals surface area contributed by atoms with Gasteiger partial charge in [-0.25, -0.2) is 4.79 Å². The predicted molar refractivity (Wildman–Crippen MR) is 76.0 cm³/mol. The maximum Gasteiger partial charge on any atom is 0.321 e. The van der Waals surface area contributed by atoms with Gasteiger partial charge in [0.2, 0.25) is 0 Å². The number of nitrogens with one attached hydrogen (secondary N) is 1. The van der Waals surface area contributed by atoms with Crippen molar-refractivity contribution in [1.82, 2.24) is 4.90 Å². The fourth-order valence-electron chi connectivity index (χ4n) is 1.65. The lowest BCUT2D eigenvalue weighted by Gasteiger charge is -2.18. The number of urea groups is 1. The van der Waals surface area contributed by atoms with Crippen LogP contribution < -0.4 is 5.32 Å². The largest absolute Gasteiger partial charge is 0.323 e. The molecule has 3 nitrogen and oxygen atoms in total. The topological polar surface area (TPSA) is 32.3 Å². The van der Waals surface area contributed by atoms with Crippen LogP contribution in [0, 0.1) is 6.92 Å². The molecule has 4 heteroatoms. The molecule has 0 aliphatic heterocycles. The van der Waals surface area contributed by atoms with E-state index in [1.54, 1.807) is 23.3 Å². The van der Waals surface area contributed by atoms with Crippen LogP contribution in [0.5, 0.6) is 0 Å². The molecular formula is C14H16N2OS. The zero-order chi connectivity index (χ0) is 13.0. The van der Waals surface area contributed by atoms with Crippen LogP contribution in [-0.4, -0.2) is 18.0 Å². The summed E-state index contributed by atoms with van der Waals surface area (Å²) < 4.78 is 0. The highest BCUT2D eigenvalue weighted by Crippen LogP contribution is 2.14. The Balaban J connectivity index is 1.98. The summed E-state index contributed by atoms with van der Waals surface area (Å²) in [5.41, 5.74) is 3.08. The molecule has 0 atom stereocenters. The first kappa shape index (κ1) is 12.6. The summed E-state index contributed by atoms with van der Waals surface area (Å²) in [5, 5.41) is 6.98. The number of thiophene rings is 1. The molecule has 1 aromatic heterocycles. The van der Waals surface area contributed by atoms with E-state index in [0.29, 0.717) is 6.54 Å². The Morgan fingerprint density at radius 1 is 1.33 bits per heavy atom. The van der Waals surface area contributed by atoms with Crippen LogP contribution in [0.4, 0.5) is 10.5 Å². The molecule has 0 bridgehead atoms. The minimum Gasteiger partial charge on any atom is -0.323 e. The fraction of sp³-hybridized carbons (Fsp3) is 0.214. The third-order valence-corrected chi connectivity index (χ3v) is 3.47. The van der Waals surface area contributed by atoms with Gasteiger partial charge in [0, 0.05) is 19.3 Å². The molecular weight excluding hydrogens is 244 g/mol. The van der Waals surface area contributed by atoms with E-state index in [0.717, 1.165) is 16.8 Å². The molecule has 1 aromatic carbocycles. The van der Waals surface area contributed by atoms with Crippen LogP contribution in [0.15, 0.2) is 41.1 Å². The summed E-state index contributed by atoms with van der Waals surface area (Å²) in [6.07, 6.45) is 0. The Bertz CT molecular complexity index is 522. The first-order valence-electron chi connectivity index (χ1n) is 5.75. The van der Waals surface area contributed by atoms with Crippen molar-refractivity contribution in [3.05, 3.63) is 52.2 Å². The minimum atomic E-state index is -0.0875. The average molecular weight is 260 g/mol. The third-order valence-electron chi connectivity index (χ3n) is 2.73. The number of nitrogens with zero attached hydrogens (tertiary/aromatic N) is 1. The highest BCUT2D eigenvalue weighted by atomic mass is 32.1. The van der Waals surface area contributed by atoms with Gasteiger partial charge in [-0.1, -0.05) is 18.2 Å². The van der Waals surface area contributed by atoms with E-state index in [9.17, 15) is 4.79 Å². The van der Waals surface area contributed by atoms with E-state index in [2.05, 4.69) is 10.7 Å². The number of carbonyl (C=O) groups excluding carboxylic acids is 1. The minimum absolute atomic E-state index is 0.0875. The zero-order valence-electron chi connectivity index (χ0n) is 10.5. The average Bonchev–Trinajstić information content (AvgIpc) is 2.84. The van der Waals surface area contributed by atoms with E-state index in [-0.39, 0.29) is 6.03 Å². The summed E-state index contributed by atoms with van der Waals surface area (Å²) in [6.45, 7) is 2.61. The normalized spacial score (nSPS) is 10.1. The summed E-state index contributed by atoms with van der Waals surface area (Å²) in [4.78, 5) is 13.7. The number of hydrogen-bond acceptors (Lipinski definition) is 2. The lowest BCUT2D eigenvalue weighted by atomic mass is 10.2. The second kappa shape index (κ2) is 5.69. The van der Waals surface area contributed by atoms with Gasteiger partial charge in [-0.2, -0.15) is 11.3 Å². The quantitative estimate of drug-likeness (QED) is 0.896. The number of benzene rings is 1. The molecule has 2 aromatic rings. The maximum absolute atomic E-state index is 12.0. The second-order valence-electron chi connectivity index (χ2n) is 4.23. The van der Waals surface area contributed by atoms with Crippen molar-refractivity contribution in [1.29, 1.82) is 0 Å². The monoisotopic (exact) mass is 260 g/mol. The first-order chi connectivity index (χ1) is 8.66. The van der Waals surface area contributed by atoms with Crippen molar-refractivity contribution in [3.8, 4) is 0 Å². The number of amides is 2. The number of hydrogen-bond donors (Lipinski definition) is 1. The van der Waals surface area contributed by atoms with Gasteiger partial charge in [-0.05, 0) is 40.9 Å². The van der Waals surface area contributed by atoms with E-state index >= 15 is 0 Å². The molecule has 0 radical (unpaired) electrons. The molecule has 0 saturated heterocycles. The van der Waals surface area contributed by atoms with Crippen molar-refractivity contribution in [2.45, 2.75) is 13.5 Å². The molecule has 0 spiro atoms. The third kappa shape index (κ3) is 3.11. The highest BCUT2D eigenvalue weighted by molar-refractivity contribution is 7.07. The summed E-state index contributed by atoms with van der Waals surface area (Å²) >= 11 is 1.64. The van der Waals surface area contributed by atoms with Crippen LogP contribution in [0.3, 0.4) is 0 Å². The molecule has 2 amide bonds. The summed E-state index contributed by atoms with van der Waals surface area (Å²) in [7, 11) is 1.80. The Labute approximate surface area is 111 Å². The van der Waals surface area contributed by atoms with E-state index in [1.807, 2.05) is 42.6 Å². The lowest BCUT2D eigenvalue weighted by molar-refractivity contribution is 0.220. The van der Waals surface area contributed by atoms with Gasteiger partial charge in [0.05, 0.1) is 0 Å². The molecule has 1 heterocycles. The lowest BCUT2D eigenvalue weighted by Crippen LogP contribution is -2.30. The van der Waals surface area contributed by atoms with Gasteiger partial charge in [0.1, 0.15) is 0 Å². The van der Waals surface area contributed by atoms with Crippen LogP contribution in [-0.2, 0) is 6.54 Å². The molecule has 0 fully saturated rings. The second-order valence-corrected chi connectivity index (χ2v) is 5.01. The molecule has 0 saturated carbocycles. The number of anilines is 1. The van der Waals surface area contributed by atoms with Crippen molar-refractivity contribution < 1.29 is 4.79 Å².